The molecule has 0 aromatic heterocycles. The molecule has 6 nitrogen and oxygen atoms in total. The maximum atomic E-state index is 12.7. The van der Waals surface area contributed by atoms with Crippen molar-refractivity contribution in [2.45, 2.75) is 97.8 Å². The van der Waals surface area contributed by atoms with Gasteiger partial charge in [0.2, 0.25) is 23.1 Å². The minimum absolute atomic E-state index is 0.00478. The lowest BCUT2D eigenvalue weighted by Gasteiger charge is -2.20. The summed E-state index contributed by atoms with van der Waals surface area (Å²) in [5.41, 5.74) is 3.30. The Morgan fingerprint density at radius 1 is 0.763 bits per heavy atom. The van der Waals surface area contributed by atoms with Crippen molar-refractivity contribution in [2.75, 3.05) is 20.8 Å². The van der Waals surface area contributed by atoms with Crippen molar-refractivity contribution in [3.05, 3.63) is 58.1 Å². The first kappa shape index (κ1) is 31.3. The van der Waals surface area contributed by atoms with Crippen LogP contribution in [-0.4, -0.2) is 38.4 Å². The Labute approximate surface area is 228 Å². The van der Waals surface area contributed by atoms with Gasteiger partial charge in [-0.05, 0) is 56.6 Å². The number of benzene rings is 1. The van der Waals surface area contributed by atoms with Crippen LogP contribution in [0.1, 0.15) is 103 Å². The summed E-state index contributed by atoms with van der Waals surface area (Å²) in [5.74, 6) is -0.291. The molecule has 0 radical (unpaired) electrons. The van der Waals surface area contributed by atoms with Crippen molar-refractivity contribution in [1.82, 2.24) is 0 Å². The molecule has 38 heavy (non-hydrogen) atoms. The maximum Gasteiger partial charge on any atom is 0.313 e. The number of Topliss-reactive ketones (excluding diaryl/α,β-unsaturated/α-hetero) is 2. The molecule has 6 heteroatoms. The molecule has 2 rings (SSSR count). The van der Waals surface area contributed by atoms with Crippen LogP contribution >= 0.6 is 0 Å². The van der Waals surface area contributed by atoms with Gasteiger partial charge in [0.05, 0.1) is 26.7 Å². The Hall–Kier alpha value is -2.89. The molecule has 0 bridgehead atoms. The molecule has 1 aliphatic carbocycles. The van der Waals surface area contributed by atoms with Gasteiger partial charge in [-0.3, -0.25) is 14.4 Å². The summed E-state index contributed by atoms with van der Waals surface area (Å²) in [4.78, 5) is 37.5. The highest BCUT2D eigenvalue weighted by atomic mass is 16.5. The minimum Gasteiger partial charge on any atom is -0.489 e. The first-order valence-corrected chi connectivity index (χ1v) is 14.1. The molecule has 1 atom stereocenters. The van der Waals surface area contributed by atoms with Crippen molar-refractivity contribution in [3.8, 4) is 0 Å². The summed E-state index contributed by atoms with van der Waals surface area (Å²) in [7, 11) is 2.76. The van der Waals surface area contributed by atoms with Gasteiger partial charge in [0.25, 0.3) is 0 Å². The molecule has 0 unspecified atom stereocenters. The van der Waals surface area contributed by atoms with Gasteiger partial charge in [-0.2, -0.15) is 0 Å². The topological polar surface area (TPSA) is 78.9 Å². The lowest BCUT2D eigenvalue weighted by molar-refractivity contribution is -0.145. The third-order valence-corrected chi connectivity index (χ3v) is 7.14. The number of methoxy groups -OCH3 is 2. The fourth-order valence-electron chi connectivity index (χ4n) is 4.80. The highest BCUT2D eigenvalue weighted by Crippen LogP contribution is 2.29. The zero-order chi connectivity index (χ0) is 28.1. The second-order valence-corrected chi connectivity index (χ2v) is 10.6. The van der Waals surface area contributed by atoms with E-state index in [1.165, 1.54) is 19.8 Å². The summed E-state index contributed by atoms with van der Waals surface area (Å²) in [6.45, 7) is 8.47. The molecule has 210 valence electrons. The van der Waals surface area contributed by atoms with Crippen LogP contribution in [0.15, 0.2) is 46.9 Å². The molecule has 0 aliphatic heterocycles. The van der Waals surface area contributed by atoms with Gasteiger partial charge in [0.15, 0.2) is 0 Å². The van der Waals surface area contributed by atoms with E-state index >= 15 is 0 Å². The smallest absolute Gasteiger partial charge is 0.313 e. The second kappa shape index (κ2) is 16.2. The predicted molar refractivity (Wildman–Crippen MR) is 150 cm³/mol. The highest BCUT2D eigenvalue weighted by Gasteiger charge is 2.34. The molecular formula is C32H46O6. The third-order valence-electron chi connectivity index (χ3n) is 7.14. The van der Waals surface area contributed by atoms with Crippen LogP contribution in [0.5, 0.6) is 0 Å². The summed E-state index contributed by atoms with van der Waals surface area (Å²) in [5, 5.41) is 0. The summed E-state index contributed by atoms with van der Waals surface area (Å²) < 4.78 is 15.7. The Morgan fingerprint density at radius 2 is 1.29 bits per heavy atom. The number of esters is 1. The van der Waals surface area contributed by atoms with Gasteiger partial charge in [-0.15, -0.1) is 0 Å². The lowest BCUT2D eigenvalue weighted by Crippen LogP contribution is -2.25. The molecule has 1 aliphatic rings. The van der Waals surface area contributed by atoms with Crippen molar-refractivity contribution in [2.24, 2.45) is 5.92 Å². The average Bonchev–Trinajstić information content (AvgIpc) is 2.90. The number of carbonyl (C=O) groups excluding carboxylic acids is 3. The van der Waals surface area contributed by atoms with Crippen LogP contribution in [0, 0.1) is 5.92 Å². The lowest BCUT2D eigenvalue weighted by atomic mass is 9.89. The Kier molecular flexibility index (Phi) is 13.3. The van der Waals surface area contributed by atoms with E-state index in [2.05, 4.69) is 26.0 Å². The van der Waals surface area contributed by atoms with Crippen LogP contribution < -0.4 is 0 Å². The summed E-state index contributed by atoms with van der Waals surface area (Å²) in [6.07, 6.45) is 9.89. The van der Waals surface area contributed by atoms with Gasteiger partial charge in [-0.1, -0.05) is 76.6 Å². The second-order valence-electron chi connectivity index (χ2n) is 10.6. The molecule has 0 spiro atoms. The Morgan fingerprint density at radius 3 is 1.84 bits per heavy atom. The molecule has 0 saturated carbocycles. The molecular weight excluding hydrogens is 480 g/mol. The summed E-state index contributed by atoms with van der Waals surface area (Å²) >= 11 is 0. The molecule has 1 aromatic rings. The van der Waals surface area contributed by atoms with Crippen LogP contribution in [0.3, 0.4) is 0 Å². The van der Waals surface area contributed by atoms with E-state index in [0.29, 0.717) is 30.1 Å². The maximum absolute atomic E-state index is 12.7. The van der Waals surface area contributed by atoms with Gasteiger partial charge in [0, 0.05) is 11.1 Å². The molecule has 1 aromatic carbocycles. The van der Waals surface area contributed by atoms with Crippen LogP contribution in [0.25, 0.3) is 0 Å². The number of ketones is 2. The Balaban J connectivity index is 1.55. The third kappa shape index (κ3) is 9.14. The fourth-order valence-corrected chi connectivity index (χ4v) is 4.80. The molecule has 0 heterocycles. The molecule has 0 fully saturated rings. The highest BCUT2D eigenvalue weighted by molar-refractivity contribution is 6.23. The van der Waals surface area contributed by atoms with E-state index in [1.807, 2.05) is 19.1 Å². The monoisotopic (exact) mass is 526 g/mol. The standard InChI is InChI=1S/C32H46O6/c1-22(2)21-25-16-18-26(19-17-25)23(3)32(35)38-20-14-12-10-8-7-9-11-13-15-27-24(4)28(33)30(36-5)31(37-6)29(27)34/h16-19,22-23H,7-15,20-21H2,1-6H3/t23-/m1/s1. The number of carbonyl (C=O) groups is 3. The fraction of sp³-hybridized carbons (Fsp3) is 0.594. The number of allylic oxidation sites excluding steroid dienone is 2. The van der Waals surface area contributed by atoms with E-state index in [-0.39, 0.29) is 35.0 Å². The number of hydrogen-bond donors (Lipinski definition) is 0. The summed E-state index contributed by atoms with van der Waals surface area (Å²) in [6, 6.07) is 8.30. The normalized spacial score (nSPS) is 14.8. The van der Waals surface area contributed by atoms with E-state index in [4.69, 9.17) is 14.2 Å². The zero-order valence-electron chi connectivity index (χ0n) is 24.2. The van der Waals surface area contributed by atoms with E-state index in [9.17, 15) is 14.4 Å². The van der Waals surface area contributed by atoms with Crippen LogP contribution in [0.2, 0.25) is 0 Å². The number of rotatable bonds is 17. The van der Waals surface area contributed by atoms with Gasteiger partial charge < -0.3 is 14.2 Å². The SMILES string of the molecule is COC1=C(OC)C(=O)C(CCCCCCCCCCOC(=O)[C@H](C)c2ccc(CC(C)C)cc2)=C(C)C1=O. The van der Waals surface area contributed by atoms with Gasteiger partial charge in [0.1, 0.15) is 0 Å². The first-order valence-electron chi connectivity index (χ1n) is 14.1. The number of unbranched alkanes of at least 4 members (excludes halogenated alkanes) is 7. The largest absolute Gasteiger partial charge is 0.489 e. The van der Waals surface area contributed by atoms with Crippen molar-refractivity contribution in [3.63, 3.8) is 0 Å². The average molecular weight is 527 g/mol. The minimum atomic E-state index is -0.269. The van der Waals surface area contributed by atoms with Crippen molar-refractivity contribution in [1.29, 1.82) is 0 Å². The van der Waals surface area contributed by atoms with Crippen LogP contribution in [-0.2, 0) is 35.0 Å². The van der Waals surface area contributed by atoms with Crippen molar-refractivity contribution >= 4 is 17.5 Å². The van der Waals surface area contributed by atoms with Crippen LogP contribution in [0.4, 0.5) is 0 Å². The van der Waals surface area contributed by atoms with Gasteiger partial charge in [-0.25, -0.2) is 0 Å². The Bertz CT molecular complexity index is 999. The molecule has 0 N–H and O–H groups in total. The first-order chi connectivity index (χ1) is 18.2. The quantitative estimate of drug-likeness (QED) is 0.123. The predicted octanol–water partition coefficient (Wildman–Crippen LogP) is 7.02. The number of ether oxygens (including phenoxy) is 3. The number of hydrogen-bond acceptors (Lipinski definition) is 6. The molecule has 0 amide bonds. The van der Waals surface area contributed by atoms with Gasteiger partial charge >= 0.3 is 5.97 Å². The van der Waals surface area contributed by atoms with E-state index < -0.39 is 0 Å². The zero-order valence-corrected chi connectivity index (χ0v) is 24.2. The van der Waals surface area contributed by atoms with E-state index in [1.54, 1.807) is 6.92 Å². The molecule has 0 saturated heterocycles. The van der Waals surface area contributed by atoms with E-state index in [0.717, 1.165) is 63.4 Å². The van der Waals surface area contributed by atoms with Crippen molar-refractivity contribution < 1.29 is 28.6 Å².